The zero-order chi connectivity index (χ0) is 14.8. The van der Waals surface area contributed by atoms with E-state index in [4.69, 9.17) is 0 Å². The van der Waals surface area contributed by atoms with Crippen molar-refractivity contribution in [2.75, 3.05) is 6.54 Å². The van der Waals surface area contributed by atoms with E-state index >= 15 is 0 Å². The van der Waals surface area contributed by atoms with E-state index < -0.39 is 5.60 Å². The number of urea groups is 1. The number of aliphatic hydroxyl groups is 1. The maximum absolute atomic E-state index is 11.8. The largest absolute Gasteiger partial charge is 0.383 e. The molecule has 0 spiro atoms. The Hall–Kier alpha value is -1.56. The van der Waals surface area contributed by atoms with E-state index in [1.165, 1.54) is 12.8 Å². The normalized spacial score (nSPS) is 19.2. The monoisotopic (exact) mass is 280 g/mol. The number of carbonyl (C=O) groups excluding carboxylic acids is 1. The van der Waals surface area contributed by atoms with Gasteiger partial charge in [-0.05, 0) is 26.2 Å². The molecule has 1 aliphatic carbocycles. The van der Waals surface area contributed by atoms with E-state index in [0.29, 0.717) is 5.56 Å². The fraction of sp³-hybridized carbons (Fsp3) is 0.714. The van der Waals surface area contributed by atoms with Gasteiger partial charge in [0.05, 0.1) is 12.7 Å². The molecule has 1 aromatic heterocycles. The summed E-state index contributed by atoms with van der Waals surface area (Å²) in [6, 6.07) is -0.0619. The average Bonchev–Trinajstić information content (AvgIpc) is 3.05. The van der Waals surface area contributed by atoms with Gasteiger partial charge in [0, 0.05) is 24.8 Å². The molecule has 2 rings (SSSR count). The molecule has 1 aromatic rings. The Kier molecular flexibility index (Phi) is 4.32. The molecule has 3 N–H and O–H groups in total. The van der Waals surface area contributed by atoms with Crippen molar-refractivity contribution in [3.63, 3.8) is 0 Å². The number of hydrogen-bond donors (Lipinski definition) is 3. The van der Waals surface area contributed by atoms with E-state index in [9.17, 15) is 9.90 Å². The van der Waals surface area contributed by atoms with Gasteiger partial charge in [-0.15, -0.1) is 0 Å². The molecule has 112 valence electrons. The highest BCUT2D eigenvalue weighted by molar-refractivity contribution is 5.74. The molecule has 0 aromatic carbocycles. The fourth-order valence-electron chi connectivity index (χ4n) is 2.24. The van der Waals surface area contributed by atoms with Crippen LogP contribution in [0.15, 0.2) is 12.4 Å². The first-order valence-corrected chi connectivity index (χ1v) is 7.12. The molecule has 0 radical (unpaired) electrons. The van der Waals surface area contributed by atoms with Crippen LogP contribution in [0.2, 0.25) is 0 Å². The minimum atomic E-state index is -1.12. The van der Waals surface area contributed by atoms with Gasteiger partial charge in [-0.3, -0.25) is 4.68 Å². The molecule has 2 atom stereocenters. The third-order valence-electron chi connectivity index (χ3n) is 3.68. The topological polar surface area (TPSA) is 79.2 Å². The Labute approximate surface area is 119 Å². The standard InChI is InChI=1S/C14H24N4O2/c1-10(6-11-4-5-11)17-13(19)15-9-14(2,20)12-7-16-18(3)8-12/h7-8,10-11,20H,4-6,9H2,1-3H3,(H2,15,17,19)/t10-,14-/m0/s1. The molecule has 1 heterocycles. The van der Waals surface area contributed by atoms with E-state index in [-0.39, 0.29) is 18.6 Å². The molecular weight excluding hydrogens is 256 g/mol. The van der Waals surface area contributed by atoms with Crippen molar-refractivity contribution in [3.05, 3.63) is 18.0 Å². The van der Waals surface area contributed by atoms with Gasteiger partial charge in [0.15, 0.2) is 0 Å². The summed E-state index contributed by atoms with van der Waals surface area (Å²) in [6.07, 6.45) is 6.95. The van der Waals surface area contributed by atoms with E-state index in [2.05, 4.69) is 15.7 Å². The average molecular weight is 280 g/mol. The Morgan fingerprint density at radius 2 is 2.35 bits per heavy atom. The van der Waals surface area contributed by atoms with Gasteiger partial charge in [0.1, 0.15) is 5.60 Å². The van der Waals surface area contributed by atoms with E-state index in [0.717, 1.165) is 12.3 Å². The van der Waals surface area contributed by atoms with Crippen LogP contribution in [0.4, 0.5) is 4.79 Å². The number of nitrogens with zero attached hydrogens (tertiary/aromatic N) is 2. The van der Waals surface area contributed by atoms with Crippen molar-refractivity contribution in [1.82, 2.24) is 20.4 Å². The van der Waals surface area contributed by atoms with Gasteiger partial charge in [-0.25, -0.2) is 4.79 Å². The van der Waals surface area contributed by atoms with Crippen LogP contribution in [0.25, 0.3) is 0 Å². The number of amides is 2. The zero-order valence-electron chi connectivity index (χ0n) is 12.4. The third kappa shape index (κ3) is 4.23. The van der Waals surface area contributed by atoms with Gasteiger partial charge < -0.3 is 15.7 Å². The Balaban J connectivity index is 1.76. The summed E-state index contributed by atoms with van der Waals surface area (Å²) in [7, 11) is 1.79. The maximum Gasteiger partial charge on any atom is 0.315 e. The highest BCUT2D eigenvalue weighted by atomic mass is 16.3. The highest BCUT2D eigenvalue weighted by Gasteiger charge is 2.27. The number of aryl methyl sites for hydroxylation is 1. The van der Waals surface area contributed by atoms with Crippen molar-refractivity contribution in [1.29, 1.82) is 0 Å². The maximum atomic E-state index is 11.8. The van der Waals surface area contributed by atoms with Gasteiger partial charge in [0.25, 0.3) is 0 Å². The van der Waals surface area contributed by atoms with E-state index in [1.807, 2.05) is 6.92 Å². The van der Waals surface area contributed by atoms with Crippen molar-refractivity contribution in [3.8, 4) is 0 Å². The van der Waals surface area contributed by atoms with Crippen LogP contribution >= 0.6 is 0 Å². The second-order valence-corrected chi connectivity index (χ2v) is 6.08. The smallest absolute Gasteiger partial charge is 0.315 e. The summed E-state index contributed by atoms with van der Waals surface area (Å²) in [6.45, 7) is 3.83. The summed E-state index contributed by atoms with van der Waals surface area (Å²) in [4.78, 5) is 11.8. The summed E-state index contributed by atoms with van der Waals surface area (Å²) >= 11 is 0. The summed E-state index contributed by atoms with van der Waals surface area (Å²) in [5, 5.41) is 20.0. The molecule has 6 nitrogen and oxygen atoms in total. The second kappa shape index (κ2) is 5.83. The Bertz CT molecular complexity index is 465. The first kappa shape index (κ1) is 14.8. The lowest BCUT2D eigenvalue weighted by atomic mass is 10.00. The number of rotatable bonds is 6. The van der Waals surface area contributed by atoms with Crippen LogP contribution in [-0.4, -0.2) is 33.5 Å². The first-order valence-electron chi connectivity index (χ1n) is 7.12. The minimum absolute atomic E-state index is 0.153. The quantitative estimate of drug-likeness (QED) is 0.730. The van der Waals surface area contributed by atoms with Gasteiger partial charge >= 0.3 is 6.03 Å². The van der Waals surface area contributed by atoms with E-state index in [1.54, 1.807) is 31.0 Å². The lowest BCUT2D eigenvalue weighted by Crippen LogP contribution is -2.46. The number of aromatic nitrogens is 2. The Morgan fingerprint density at radius 1 is 1.65 bits per heavy atom. The fourth-order valence-corrected chi connectivity index (χ4v) is 2.24. The molecule has 6 heteroatoms. The van der Waals surface area contributed by atoms with Crippen molar-refractivity contribution in [2.24, 2.45) is 13.0 Å². The predicted molar refractivity (Wildman–Crippen MR) is 76.1 cm³/mol. The van der Waals surface area contributed by atoms with Crippen LogP contribution in [-0.2, 0) is 12.6 Å². The molecule has 1 fully saturated rings. The van der Waals surface area contributed by atoms with Gasteiger partial charge in [-0.2, -0.15) is 5.10 Å². The van der Waals surface area contributed by atoms with Crippen LogP contribution in [0.3, 0.4) is 0 Å². The van der Waals surface area contributed by atoms with Crippen LogP contribution < -0.4 is 10.6 Å². The molecule has 1 aliphatic rings. The molecule has 2 amide bonds. The molecular formula is C14H24N4O2. The summed E-state index contributed by atoms with van der Waals surface area (Å²) in [5.41, 5.74) is -0.433. The van der Waals surface area contributed by atoms with Crippen LogP contribution in [0, 0.1) is 5.92 Å². The van der Waals surface area contributed by atoms with Gasteiger partial charge in [0.2, 0.25) is 0 Å². The minimum Gasteiger partial charge on any atom is -0.383 e. The lowest BCUT2D eigenvalue weighted by molar-refractivity contribution is 0.0592. The van der Waals surface area contributed by atoms with Crippen LogP contribution in [0.1, 0.15) is 38.7 Å². The molecule has 0 saturated heterocycles. The summed E-state index contributed by atoms with van der Waals surface area (Å²) < 4.78 is 1.63. The SMILES string of the molecule is C[C@@H](CC1CC1)NC(=O)NC[C@](C)(O)c1cnn(C)c1. The van der Waals surface area contributed by atoms with Crippen LogP contribution in [0.5, 0.6) is 0 Å². The molecule has 0 bridgehead atoms. The van der Waals surface area contributed by atoms with Crippen molar-refractivity contribution >= 4 is 6.03 Å². The third-order valence-corrected chi connectivity index (χ3v) is 3.68. The zero-order valence-corrected chi connectivity index (χ0v) is 12.4. The van der Waals surface area contributed by atoms with Gasteiger partial charge in [-0.1, -0.05) is 12.8 Å². The second-order valence-electron chi connectivity index (χ2n) is 6.08. The predicted octanol–water partition coefficient (Wildman–Crippen LogP) is 1.12. The Morgan fingerprint density at radius 3 is 2.90 bits per heavy atom. The van der Waals surface area contributed by atoms with Crippen molar-refractivity contribution < 1.29 is 9.90 Å². The summed E-state index contributed by atoms with van der Waals surface area (Å²) in [5.74, 6) is 0.781. The van der Waals surface area contributed by atoms with Crippen molar-refractivity contribution in [2.45, 2.75) is 44.8 Å². The molecule has 20 heavy (non-hydrogen) atoms. The molecule has 1 saturated carbocycles. The molecule has 0 unspecified atom stereocenters. The highest BCUT2D eigenvalue weighted by Crippen LogP contribution is 2.33. The number of hydrogen-bond acceptors (Lipinski definition) is 3. The number of carbonyl (C=O) groups is 1. The lowest BCUT2D eigenvalue weighted by Gasteiger charge is -2.23. The number of nitrogens with one attached hydrogen (secondary N) is 2. The molecule has 0 aliphatic heterocycles. The first-order chi connectivity index (χ1) is 9.37.